The first-order chi connectivity index (χ1) is 10.5. The van der Waals surface area contributed by atoms with Crippen LogP contribution in [0.3, 0.4) is 0 Å². The highest BCUT2D eigenvalue weighted by Crippen LogP contribution is 2.22. The van der Waals surface area contributed by atoms with Gasteiger partial charge in [0.25, 0.3) is 5.91 Å². The van der Waals surface area contributed by atoms with Gasteiger partial charge in [-0.3, -0.25) is 4.79 Å². The summed E-state index contributed by atoms with van der Waals surface area (Å²) < 4.78 is 5.13. The molecule has 0 fully saturated rings. The number of amides is 1. The lowest BCUT2D eigenvalue weighted by Crippen LogP contribution is -2.20. The third-order valence-corrected chi connectivity index (χ3v) is 3.61. The number of benzene rings is 2. The summed E-state index contributed by atoms with van der Waals surface area (Å²) in [5.41, 5.74) is -0.0472. The maximum absolute atomic E-state index is 12.2. The van der Waals surface area contributed by atoms with Crippen molar-refractivity contribution in [2.75, 3.05) is 5.32 Å². The molecule has 3 aromatic rings. The molecule has 0 atom stereocenters. The second-order valence-corrected chi connectivity index (χ2v) is 5.41. The molecule has 0 aliphatic heterocycles. The second kappa shape index (κ2) is 5.83. The summed E-state index contributed by atoms with van der Waals surface area (Å²) in [6.45, 7) is 0. The van der Waals surface area contributed by atoms with Crippen molar-refractivity contribution >= 4 is 45.8 Å². The van der Waals surface area contributed by atoms with Gasteiger partial charge in [-0.2, -0.15) is 0 Å². The van der Waals surface area contributed by atoms with E-state index >= 15 is 0 Å². The van der Waals surface area contributed by atoms with Crippen molar-refractivity contribution in [3.8, 4) is 0 Å². The van der Waals surface area contributed by atoms with Crippen molar-refractivity contribution in [1.82, 2.24) is 0 Å². The quantitative estimate of drug-likeness (QED) is 0.709. The van der Waals surface area contributed by atoms with E-state index in [1.54, 1.807) is 42.5 Å². The molecule has 1 aromatic heterocycles. The lowest BCUT2D eigenvalue weighted by molar-refractivity contribution is 0.102. The predicted octanol–water partition coefficient (Wildman–Crippen LogP) is 4.35. The third-order valence-electron chi connectivity index (χ3n) is 3.06. The van der Waals surface area contributed by atoms with Crippen molar-refractivity contribution in [1.29, 1.82) is 0 Å². The summed E-state index contributed by atoms with van der Waals surface area (Å²) in [6, 6.07) is 13.0. The van der Waals surface area contributed by atoms with E-state index in [4.69, 9.17) is 27.6 Å². The summed E-state index contributed by atoms with van der Waals surface area (Å²) in [5, 5.41) is 4.06. The van der Waals surface area contributed by atoms with Crippen LogP contribution < -0.4 is 10.9 Å². The number of hydrogen-bond donors (Lipinski definition) is 1. The normalized spacial score (nSPS) is 10.6. The minimum Gasteiger partial charge on any atom is -0.421 e. The Morgan fingerprint density at radius 3 is 2.50 bits per heavy atom. The van der Waals surface area contributed by atoms with Gasteiger partial charge in [0, 0.05) is 16.1 Å². The SMILES string of the molecule is O=C(Nc1ccc(Cl)cc1)c1cc2cccc(Cl)c2oc1=O. The molecule has 0 aliphatic carbocycles. The van der Waals surface area contributed by atoms with Crippen molar-refractivity contribution in [2.24, 2.45) is 0 Å². The Hall–Kier alpha value is -2.30. The van der Waals surface area contributed by atoms with E-state index < -0.39 is 11.5 Å². The van der Waals surface area contributed by atoms with E-state index in [9.17, 15) is 9.59 Å². The molecule has 0 saturated carbocycles. The first-order valence-electron chi connectivity index (χ1n) is 6.34. The Labute approximate surface area is 135 Å². The molecule has 3 rings (SSSR count). The van der Waals surface area contributed by atoms with E-state index in [2.05, 4.69) is 5.32 Å². The molecule has 1 N–H and O–H groups in total. The Bertz CT molecular complexity index is 917. The molecule has 1 heterocycles. The number of anilines is 1. The topological polar surface area (TPSA) is 59.3 Å². The summed E-state index contributed by atoms with van der Waals surface area (Å²) in [7, 11) is 0. The summed E-state index contributed by atoms with van der Waals surface area (Å²) in [4.78, 5) is 24.2. The van der Waals surface area contributed by atoms with E-state index in [1.807, 2.05) is 0 Å². The fourth-order valence-corrected chi connectivity index (χ4v) is 2.35. The predicted molar refractivity (Wildman–Crippen MR) is 86.9 cm³/mol. The summed E-state index contributed by atoms with van der Waals surface area (Å²) >= 11 is 11.7. The average molecular weight is 334 g/mol. The number of halogens is 2. The molecule has 0 aliphatic rings. The van der Waals surface area contributed by atoms with Crippen molar-refractivity contribution in [3.05, 3.63) is 74.6 Å². The number of carbonyl (C=O) groups is 1. The zero-order chi connectivity index (χ0) is 15.7. The molecule has 2 aromatic carbocycles. The molecule has 0 spiro atoms. The van der Waals surface area contributed by atoms with Gasteiger partial charge in [0.05, 0.1) is 5.02 Å². The molecule has 110 valence electrons. The zero-order valence-corrected chi connectivity index (χ0v) is 12.6. The molecule has 0 radical (unpaired) electrons. The molecule has 6 heteroatoms. The Morgan fingerprint density at radius 1 is 1.05 bits per heavy atom. The van der Waals surface area contributed by atoms with Crippen molar-refractivity contribution < 1.29 is 9.21 Å². The second-order valence-electron chi connectivity index (χ2n) is 4.57. The van der Waals surface area contributed by atoms with Crippen LogP contribution in [0.1, 0.15) is 10.4 Å². The number of nitrogens with one attached hydrogen (secondary N) is 1. The average Bonchev–Trinajstić information content (AvgIpc) is 2.50. The van der Waals surface area contributed by atoms with Crippen LogP contribution in [0.2, 0.25) is 10.0 Å². The van der Waals surface area contributed by atoms with E-state index in [1.165, 1.54) is 6.07 Å². The van der Waals surface area contributed by atoms with Gasteiger partial charge in [-0.1, -0.05) is 35.3 Å². The fourth-order valence-electron chi connectivity index (χ4n) is 2.00. The lowest BCUT2D eigenvalue weighted by atomic mass is 10.1. The Morgan fingerprint density at radius 2 is 1.77 bits per heavy atom. The number of fused-ring (bicyclic) bond motifs is 1. The van der Waals surface area contributed by atoms with Crippen LogP contribution in [-0.4, -0.2) is 5.91 Å². The molecule has 0 unspecified atom stereocenters. The van der Waals surface area contributed by atoms with Crippen LogP contribution in [0.5, 0.6) is 0 Å². The molecular weight excluding hydrogens is 325 g/mol. The Balaban J connectivity index is 1.99. The van der Waals surface area contributed by atoms with Crippen molar-refractivity contribution in [2.45, 2.75) is 0 Å². The van der Waals surface area contributed by atoms with Crippen LogP contribution in [0.25, 0.3) is 11.0 Å². The largest absolute Gasteiger partial charge is 0.421 e. The van der Waals surface area contributed by atoms with Gasteiger partial charge in [-0.05, 0) is 36.4 Å². The van der Waals surface area contributed by atoms with E-state index in [0.29, 0.717) is 21.1 Å². The maximum Gasteiger partial charge on any atom is 0.349 e. The minimum atomic E-state index is -0.743. The zero-order valence-electron chi connectivity index (χ0n) is 11.1. The third kappa shape index (κ3) is 2.84. The standard InChI is InChI=1S/C16H9Cl2NO3/c17-10-4-6-11(7-5-10)19-15(20)12-8-9-2-1-3-13(18)14(9)22-16(12)21/h1-8H,(H,19,20). The van der Waals surface area contributed by atoms with Gasteiger partial charge in [-0.25, -0.2) is 4.79 Å². The van der Waals surface area contributed by atoms with Crippen LogP contribution in [0.4, 0.5) is 5.69 Å². The van der Waals surface area contributed by atoms with Gasteiger partial charge in [0.2, 0.25) is 0 Å². The number of rotatable bonds is 2. The highest BCUT2D eigenvalue weighted by molar-refractivity contribution is 6.34. The van der Waals surface area contributed by atoms with Crippen LogP contribution in [-0.2, 0) is 0 Å². The number of carbonyl (C=O) groups excluding carboxylic acids is 1. The number of hydrogen-bond acceptors (Lipinski definition) is 3. The summed E-state index contributed by atoms with van der Waals surface area (Å²) in [6.07, 6.45) is 0. The van der Waals surface area contributed by atoms with E-state index in [-0.39, 0.29) is 11.1 Å². The van der Waals surface area contributed by atoms with Gasteiger partial charge in [-0.15, -0.1) is 0 Å². The highest BCUT2D eigenvalue weighted by atomic mass is 35.5. The molecular formula is C16H9Cl2NO3. The van der Waals surface area contributed by atoms with Crippen LogP contribution in [0, 0.1) is 0 Å². The molecule has 0 bridgehead atoms. The first-order valence-corrected chi connectivity index (χ1v) is 7.09. The maximum atomic E-state index is 12.2. The highest BCUT2D eigenvalue weighted by Gasteiger charge is 2.15. The molecule has 1 amide bonds. The fraction of sp³-hybridized carbons (Fsp3) is 0. The van der Waals surface area contributed by atoms with Crippen molar-refractivity contribution in [3.63, 3.8) is 0 Å². The Kier molecular flexibility index (Phi) is 3.88. The van der Waals surface area contributed by atoms with Gasteiger partial charge in [0.1, 0.15) is 5.56 Å². The van der Waals surface area contributed by atoms with Gasteiger partial charge >= 0.3 is 5.63 Å². The molecule has 22 heavy (non-hydrogen) atoms. The smallest absolute Gasteiger partial charge is 0.349 e. The van der Waals surface area contributed by atoms with Gasteiger partial charge < -0.3 is 9.73 Å². The first kappa shape index (κ1) is 14.6. The van der Waals surface area contributed by atoms with Crippen LogP contribution >= 0.6 is 23.2 Å². The number of para-hydroxylation sites is 1. The minimum absolute atomic E-state index is 0.0929. The lowest BCUT2D eigenvalue weighted by Gasteiger charge is -2.05. The summed E-state index contributed by atoms with van der Waals surface area (Å²) in [5.74, 6) is -0.557. The monoisotopic (exact) mass is 333 g/mol. The van der Waals surface area contributed by atoms with E-state index in [0.717, 1.165) is 0 Å². The molecule has 4 nitrogen and oxygen atoms in total. The van der Waals surface area contributed by atoms with Crippen LogP contribution in [0.15, 0.2) is 57.7 Å². The molecule has 0 saturated heterocycles. The van der Waals surface area contributed by atoms with Gasteiger partial charge in [0.15, 0.2) is 5.58 Å².